The molecule has 0 spiro atoms. The topological polar surface area (TPSA) is 47.8 Å². The molecule has 0 radical (unpaired) electrons. The second kappa shape index (κ2) is 1.44. The average molecular weight is 141 g/mol. The van der Waals surface area contributed by atoms with Gasteiger partial charge < -0.3 is 8.30 Å². The molecule has 5 heteroatoms. The standard InChI is InChI=1S/C4H3NO3Si/c6-9-7-4-2-1-3-5(4)8-9/h1-3H. The van der Waals surface area contributed by atoms with Gasteiger partial charge >= 0.3 is 8.80 Å². The zero-order chi connectivity index (χ0) is 6.27. The molecule has 0 saturated heterocycles. The molecule has 2 aromatic heterocycles. The van der Waals surface area contributed by atoms with Crippen molar-refractivity contribution in [3.63, 3.8) is 0 Å². The molecule has 0 bridgehead atoms. The van der Waals surface area contributed by atoms with Crippen LogP contribution in [0.1, 0.15) is 0 Å². The lowest BCUT2D eigenvalue weighted by molar-refractivity contribution is 0.397. The van der Waals surface area contributed by atoms with Gasteiger partial charge in [-0.05, 0) is 6.07 Å². The van der Waals surface area contributed by atoms with Crippen LogP contribution in [-0.4, -0.2) is 13.4 Å². The predicted molar refractivity (Wildman–Crippen MR) is 28.4 cm³/mol. The molecule has 2 aromatic rings. The zero-order valence-corrected chi connectivity index (χ0v) is 5.40. The van der Waals surface area contributed by atoms with Crippen molar-refractivity contribution in [1.82, 2.24) is 4.57 Å². The number of rotatable bonds is 0. The van der Waals surface area contributed by atoms with Gasteiger partial charge in [-0.1, -0.05) is 0 Å². The summed E-state index contributed by atoms with van der Waals surface area (Å²) in [7, 11) is -2.26. The molecule has 2 heterocycles. The van der Waals surface area contributed by atoms with E-state index in [-0.39, 0.29) is 0 Å². The summed E-state index contributed by atoms with van der Waals surface area (Å²) in [5.74, 6) is 0. The van der Waals surface area contributed by atoms with Gasteiger partial charge in [0.25, 0.3) is 0 Å². The van der Waals surface area contributed by atoms with Crippen LogP contribution in [0.4, 0.5) is 0 Å². The quantitative estimate of drug-likeness (QED) is 0.505. The normalized spacial score (nSPS) is 10.7. The molecule has 0 aromatic carbocycles. The van der Waals surface area contributed by atoms with Crippen LogP contribution in [0.2, 0.25) is 0 Å². The van der Waals surface area contributed by atoms with E-state index >= 15 is 0 Å². The van der Waals surface area contributed by atoms with Gasteiger partial charge in [-0.3, -0.25) is 4.46 Å². The van der Waals surface area contributed by atoms with E-state index in [0.29, 0.717) is 5.71 Å². The highest BCUT2D eigenvalue weighted by Crippen LogP contribution is 2.00. The fourth-order valence-corrected chi connectivity index (χ4v) is 1.37. The second-order valence-electron chi connectivity index (χ2n) is 1.62. The number of nitrogens with zero attached hydrogens (tertiary/aromatic N) is 1. The van der Waals surface area contributed by atoms with Crippen molar-refractivity contribution in [2.24, 2.45) is 0 Å². The third-order valence-corrected chi connectivity index (χ3v) is 1.76. The molecule has 46 valence electrons. The smallest absolute Gasteiger partial charge is 0.441 e. The van der Waals surface area contributed by atoms with Crippen molar-refractivity contribution in [1.29, 1.82) is 0 Å². The highest BCUT2D eigenvalue weighted by atomic mass is 28.2. The number of hydrogen-bond acceptors (Lipinski definition) is 3. The van der Waals surface area contributed by atoms with E-state index in [1.165, 1.54) is 4.57 Å². The average Bonchev–Trinajstić information content (AvgIpc) is 2.22. The molecule has 0 aliphatic carbocycles. The molecule has 0 amide bonds. The molecule has 0 aliphatic rings. The Morgan fingerprint density at radius 1 is 1.67 bits per heavy atom. The third-order valence-electron chi connectivity index (χ3n) is 1.04. The maximum absolute atomic E-state index is 10.5. The van der Waals surface area contributed by atoms with Crippen LogP contribution in [0.3, 0.4) is 0 Å². The number of hydrogen-bond donors (Lipinski definition) is 0. The van der Waals surface area contributed by atoms with Crippen LogP contribution in [0, 0.1) is 0 Å². The van der Waals surface area contributed by atoms with Crippen molar-refractivity contribution in [3.8, 4) is 0 Å². The van der Waals surface area contributed by atoms with Crippen LogP contribution < -0.4 is 0 Å². The van der Waals surface area contributed by atoms with E-state index in [1.54, 1.807) is 18.3 Å². The molecule has 0 fully saturated rings. The Bertz CT molecular complexity index is 338. The van der Waals surface area contributed by atoms with Gasteiger partial charge in [0, 0.05) is 12.3 Å². The fraction of sp³-hybridized carbons (Fsp3) is 0. The van der Waals surface area contributed by atoms with Gasteiger partial charge in [-0.2, -0.15) is 4.57 Å². The second-order valence-corrected chi connectivity index (χ2v) is 2.50. The summed E-state index contributed by atoms with van der Waals surface area (Å²) in [4.78, 5) is 0. The molecule has 0 atom stereocenters. The Morgan fingerprint density at radius 2 is 2.56 bits per heavy atom. The minimum absolute atomic E-state index is 0.513. The molecular formula is C4H3NO3Si. The SMILES string of the molecule is O=[si]1oc2cccn2o1. The van der Waals surface area contributed by atoms with Gasteiger partial charge in [0.15, 0.2) is 0 Å². The summed E-state index contributed by atoms with van der Waals surface area (Å²) >= 11 is 0. The Labute approximate surface area is 51.1 Å². The van der Waals surface area contributed by atoms with Crippen LogP contribution >= 0.6 is 0 Å². The van der Waals surface area contributed by atoms with Gasteiger partial charge in [0.05, 0.1) is 0 Å². The lowest BCUT2D eigenvalue weighted by atomic mass is 10.7. The molecule has 0 N–H and O–H groups in total. The van der Waals surface area contributed by atoms with Crippen molar-refractivity contribution >= 4 is 14.5 Å². The Kier molecular flexibility index (Phi) is 0.760. The minimum Gasteiger partial charge on any atom is -0.441 e. The summed E-state index contributed by atoms with van der Waals surface area (Å²) < 4.78 is 21.3. The summed E-state index contributed by atoms with van der Waals surface area (Å²) in [5.41, 5.74) is 0.513. The Morgan fingerprint density at radius 3 is 3.33 bits per heavy atom. The lowest BCUT2D eigenvalue weighted by Gasteiger charge is -1.71. The van der Waals surface area contributed by atoms with Crippen LogP contribution in [0.25, 0.3) is 5.71 Å². The zero-order valence-electron chi connectivity index (χ0n) is 4.40. The first-order valence-corrected chi connectivity index (χ1v) is 3.66. The van der Waals surface area contributed by atoms with E-state index in [2.05, 4.69) is 4.20 Å². The van der Waals surface area contributed by atoms with Gasteiger partial charge in [0.2, 0.25) is 5.71 Å². The number of aromatic nitrogens is 1. The molecule has 0 aliphatic heterocycles. The van der Waals surface area contributed by atoms with Crippen LogP contribution in [0.5, 0.6) is 0 Å². The minimum atomic E-state index is -2.26. The molecule has 9 heavy (non-hydrogen) atoms. The lowest BCUT2D eigenvalue weighted by Crippen LogP contribution is -1.70. The van der Waals surface area contributed by atoms with Crippen molar-refractivity contribution in [2.75, 3.05) is 0 Å². The summed E-state index contributed by atoms with van der Waals surface area (Å²) in [6.45, 7) is 0. The third kappa shape index (κ3) is 0.579. The largest absolute Gasteiger partial charge is 0.801 e. The predicted octanol–water partition coefficient (Wildman–Crippen LogP) is 0.626. The maximum Gasteiger partial charge on any atom is 0.801 e. The monoisotopic (exact) mass is 141 g/mol. The van der Waals surface area contributed by atoms with Gasteiger partial charge in [-0.15, -0.1) is 0 Å². The van der Waals surface area contributed by atoms with Crippen molar-refractivity contribution < 1.29 is 12.8 Å². The first kappa shape index (κ1) is 4.75. The van der Waals surface area contributed by atoms with Crippen LogP contribution in [0.15, 0.2) is 26.6 Å². The fourth-order valence-electron chi connectivity index (χ4n) is 0.689. The summed E-state index contributed by atoms with van der Waals surface area (Å²) in [6, 6.07) is 3.44. The molecule has 0 saturated carbocycles. The maximum atomic E-state index is 10.5. The first-order chi connectivity index (χ1) is 4.36. The van der Waals surface area contributed by atoms with E-state index in [9.17, 15) is 4.46 Å². The van der Waals surface area contributed by atoms with E-state index in [4.69, 9.17) is 4.10 Å². The van der Waals surface area contributed by atoms with E-state index in [1.807, 2.05) is 0 Å². The summed E-state index contributed by atoms with van der Waals surface area (Å²) in [5, 5.41) is 0. The van der Waals surface area contributed by atoms with Crippen molar-refractivity contribution in [2.45, 2.75) is 0 Å². The van der Waals surface area contributed by atoms with E-state index < -0.39 is 8.80 Å². The molecule has 2 rings (SSSR count). The summed E-state index contributed by atoms with van der Waals surface area (Å²) in [6.07, 6.45) is 1.64. The Balaban J connectivity index is 3.08. The van der Waals surface area contributed by atoms with E-state index in [0.717, 1.165) is 0 Å². The first-order valence-electron chi connectivity index (χ1n) is 2.44. The molecular weight excluding hydrogens is 138 g/mol. The van der Waals surface area contributed by atoms with Gasteiger partial charge in [0.1, 0.15) is 0 Å². The highest BCUT2D eigenvalue weighted by Gasteiger charge is 2.01. The van der Waals surface area contributed by atoms with Gasteiger partial charge in [-0.25, -0.2) is 0 Å². The highest BCUT2D eigenvalue weighted by molar-refractivity contribution is 6.14. The molecule has 4 nitrogen and oxygen atoms in total. The van der Waals surface area contributed by atoms with Crippen molar-refractivity contribution in [3.05, 3.63) is 18.3 Å². The number of fused-ring (bicyclic) bond motifs is 1. The van der Waals surface area contributed by atoms with Crippen LogP contribution in [-0.2, 0) is 4.46 Å². The Hall–Kier alpha value is -1.10. The molecule has 0 unspecified atom stereocenters.